The molecule has 1 atom stereocenters. The molecule has 1 aliphatic rings. The van der Waals surface area contributed by atoms with E-state index in [1.807, 2.05) is 6.07 Å². The normalized spacial score (nSPS) is 14.8. The van der Waals surface area contributed by atoms with Crippen molar-refractivity contribution in [3.8, 4) is 0 Å². The largest absolute Gasteiger partial charge is 0.326 e. The molecule has 1 aliphatic heterocycles. The van der Waals surface area contributed by atoms with E-state index in [0.29, 0.717) is 12.0 Å². The zero-order chi connectivity index (χ0) is 14.3. The Balaban J connectivity index is 1.99. The van der Waals surface area contributed by atoms with Crippen LogP contribution in [0.3, 0.4) is 0 Å². The molecule has 3 rings (SSSR count). The molecule has 1 heterocycles. The monoisotopic (exact) mass is 290 g/mol. The van der Waals surface area contributed by atoms with E-state index in [1.165, 1.54) is 6.07 Å². The van der Waals surface area contributed by atoms with Gasteiger partial charge in [-0.15, -0.1) is 0 Å². The first-order valence-electron chi connectivity index (χ1n) is 6.18. The Bertz CT molecular complexity index is 702. The lowest BCUT2D eigenvalue weighted by atomic mass is 9.97. The van der Waals surface area contributed by atoms with Crippen molar-refractivity contribution in [2.24, 2.45) is 5.73 Å². The topological polar surface area (TPSA) is 55.1 Å². The fourth-order valence-corrected chi connectivity index (χ4v) is 2.56. The number of carbonyl (C=O) groups is 1. The third-order valence-corrected chi connectivity index (χ3v) is 3.72. The van der Waals surface area contributed by atoms with Gasteiger partial charge in [0, 0.05) is 11.3 Å². The molecule has 0 saturated heterocycles. The van der Waals surface area contributed by atoms with E-state index in [-0.39, 0.29) is 10.9 Å². The lowest BCUT2D eigenvalue weighted by molar-refractivity contribution is -0.115. The molecular formula is C15H12ClFN2O. The first kappa shape index (κ1) is 13.1. The molecule has 0 spiro atoms. The fourth-order valence-electron chi connectivity index (χ4n) is 2.38. The SMILES string of the molecule is NC(c1ccc2c(c1)CC(=O)N2)c1cccc(Cl)c1F. The lowest BCUT2D eigenvalue weighted by Gasteiger charge is -2.15. The molecule has 0 aromatic heterocycles. The first-order chi connectivity index (χ1) is 9.56. The van der Waals surface area contributed by atoms with Crippen LogP contribution in [0.4, 0.5) is 10.1 Å². The van der Waals surface area contributed by atoms with Gasteiger partial charge in [0.2, 0.25) is 5.91 Å². The van der Waals surface area contributed by atoms with Crippen LogP contribution in [0.5, 0.6) is 0 Å². The molecule has 1 amide bonds. The number of halogens is 2. The maximum atomic E-state index is 14.0. The van der Waals surface area contributed by atoms with Crippen molar-refractivity contribution < 1.29 is 9.18 Å². The van der Waals surface area contributed by atoms with Crippen LogP contribution >= 0.6 is 11.6 Å². The van der Waals surface area contributed by atoms with Crippen molar-refractivity contribution in [3.05, 3.63) is 63.9 Å². The maximum Gasteiger partial charge on any atom is 0.228 e. The Hall–Kier alpha value is -1.91. The molecule has 3 nitrogen and oxygen atoms in total. The van der Waals surface area contributed by atoms with Gasteiger partial charge in [0.1, 0.15) is 5.82 Å². The summed E-state index contributed by atoms with van der Waals surface area (Å²) in [5.41, 5.74) is 8.87. The Morgan fingerprint density at radius 2 is 2.10 bits per heavy atom. The summed E-state index contributed by atoms with van der Waals surface area (Å²) in [6, 6.07) is 9.56. The Morgan fingerprint density at radius 1 is 1.30 bits per heavy atom. The van der Waals surface area contributed by atoms with Gasteiger partial charge < -0.3 is 11.1 Å². The fraction of sp³-hybridized carbons (Fsp3) is 0.133. The number of nitrogens with two attached hydrogens (primary N) is 1. The first-order valence-corrected chi connectivity index (χ1v) is 6.56. The highest BCUT2D eigenvalue weighted by Gasteiger charge is 2.21. The van der Waals surface area contributed by atoms with Crippen LogP contribution in [0.1, 0.15) is 22.7 Å². The van der Waals surface area contributed by atoms with Crippen LogP contribution in [0.2, 0.25) is 5.02 Å². The molecule has 3 N–H and O–H groups in total. The average molecular weight is 291 g/mol. The number of nitrogens with one attached hydrogen (secondary N) is 1. The summed E-state index contributed by atoms with van der Waals surface area (Å²) in [4.78, 5) is 11.3. The maximum absolute atomic E-state index is 14.0. The second-order valence-electron chi connectivity index (χ2n) is 4.76. The molecule has 2 aromatic carbocycles. The summed E-state index contributed by atoms with van der Waals surface area (Å²) in [6.07, 6.45) is 0.327. The molecule has 5 heteroatoms. The van der Waals surface area contributed by atoms with Gasteiger partial charge in [-0.05, 0) is 23.3 Å². The Morgan fingerprint density at radius 3 is 2.90 bits per heavy atom. The highest BCUT2D eigenvalue weighted by Crippen LogP contribution is 2.30. The van der Waals surface area contributed by atoms with Crippen LogP contribution in [0.25, 0.3) is 0 Å². The van der Waals surface area contributed by atoms with Gasteiger partial charge in [-0.1, -0.05) is 35.9 Å². The summed E-state index contributed by atoms with van der Waals surface area (Å²) >= 11 is 5.77. The standard InChI is InChI=1S/C15H12ClFN2O/c16-11-3-1-2-10(14(11)17)15(18)8-4-5-12-9(6-8)7-13(20)19-12/h1-6,15H,7,18H2,(H,19,20). The molecule has 2 aromatic rings. The van der Waals surface area contributed by atoms with E-state index < -0.39 is 11.9 Å². The van der Waals surface area contributed by atoms with Gasteiger partial charge in [-0.3, -0.25) is 4.79 Å². The quantitative estimate of drug-likeness (QED) is 0.893. The van der Waals surface area contributed by atoms with E-state index in [4.69, 9.17) is 17.3 Å². The predicted molar refractivity (Wildman–Crippen MR) is 76.2 cm³/mol. The van der Waals surface area contributed by atoms with Gasteiger partial charge in [-0.2, -0.15) is 0 Å². The molecule has 0 radical (unpaired) electrons. The number of amides is 1. The van der Waals surface area contributed by atoms with Gasteiger partial charge in [0.15, 0.2) is 0 Å². The number of carbonyl (C=O) groups excluding carboxylic acids is 1. The summed E-state index contributed by atoms with van der Waals surface area (Å²) in [5, 5.41) is 2.80. The van der Waals surface area contributed by atoms with E-state index in [2.05, 4.69) is 5.32 Å². The molecule has 0 fully saturated rings. The van der Waals surface area contributed by atoms with Crippen LogP contribution in [-0.2, 0) is 11.2 Å². The van der Waals surface area contributed by atoms with Crippen molar-refractivity contribution in [2.75, 3.05) is 5.32 Å². The summed E-state index contributed by atoms with van der Waals surface area (Å²) in [6.45, 7) is 0. The number of hydrogen-bond donors (Lipinski definition) is 2. The van der Waals surface area contributed by atoms with E-state index in [0.717, 1.165) is 16.8 Å². The van der Waals surface area contributed by atoms with Crippen LogP contribution in [0.15, 0.2) is 36.4 Å². The number of hydrogen-bond acceptors (Lipinski definition) is 2. The Kier molecular flexibility index (Phi) is 3.20. The predicted octanol–water partition coefficient (Wildman–Crippen LogP) is 3.02. The third kappa shape index (κ3) is 2.17. The Labute approximate surface area is 120 Å². The number of anilines is 1. The second kappa shape index (κ2) is 4.89. The summed E-state index contributed by atoms with van der Waals surface area (Å²) < 4.78 is 14.0. The lowest BCUT2D eigenvalue weighted by Crippen LogP contribution is -2.14. The highest BCUT2D eigenvalue weighted by molar-refractivity contribution is 6.30. The van der Waals surface area contributed by atoms with Crippen molar-refractivity contribution in [2.45, 2.75) is 12.5 Å². The van der Waals surface area contributed by atoms with Gasteiger partial charge in [0.05, 0.1) is 17.5 Å². The van der Waals surface area contributed by atoms with Gasteiger partial charge in [0.25, 0.3) is 0 Å². The molecular weight excluding hydrogens is 279 g/mol. The smallest absolute Gasteiger partial charge is 0.228 e. The van der Waals surface area contributed by atoms with Gasteiger partial charge in [-0.25, -0.2) is 4.39 Å². The van der Waals surface area contributed by atoms with Crippen molar-refractivity contribution in [1.82, 2.24) is 0 Å². The van der Waals surface area contributed by atoms with E-state index >= 15 is 0 Å². The van der Waals surface area contributed by atoms with E-state index in [1.54, 1.807) is 24.3 Å². The minimum absolute atomic E-state index is 0.0420. The molecule has 20 heavy (non-hydrogen) atoms. The minimum Gasteiger partial charge on any atom is -0.326 e. The number of fused-ring (bicyclic) bond motifs is 1. The number of benzene rings is 2. The van der Waals surface area contributed by atoms with Crippen molar-refractivity contribution >= 4 is 23.2 Å². The zero-order valence-corrected chi connectivity index (χ0v) is 11.2. The van der Waals surface area contributed by atoms with Crippen molar-refractivity contribution in [3.63, 3.8) is 0 Å². The zero-order valence-electron chi connectivity index (χ0n) is 10.5. The minimum atomic E-state index is -0.616. The molecule has 0 saturated carbocycles. The van der Waals surface area contributed by atoms with E-state index in [9.17, 15) is 9.18 Å². The highest BCUT2D eigenvalue weighted by atomic mass is 35.5. The van der Waals surface area contributed by atoms with Crippen LogP contribution in [-0.4, -0.2) is 5.91 Å². The average Bonchev–Trinajstić information content (AvgIpc) is 2.80. The van der Waals surface area contributed by atoms with Gasteiger partial charge >= 0.3 is 0 Å². The number of rotatable bonds is 2. The summed E-state index contributed by atoms with van der Waals surface area (Å²) in [7, 11) is 0. The van der Waals surface area contributed by atoms with Crippen molar-refractivity contribution in [1.29, 1.82) is 0 Å². The molecule has 102 valence electrons. The molecule has 0 bridgehead atoms. The molecule has 0 aliphatic carbocycles. The van der Waals surface area contributed by atoms with Crippen LogP contribution in [0, 0.1) is 5.82 Å². The van der Waals surface area contributed by atoms with Crippen LogP contribution < -0.4 is 11.1 Å². The summed E-state index contributed by atoms with van der Waals surface area (Å²) in [5.74, 6) is -0.545. The third-order valence-electron chi connectivity index (χ3n) is 3.43. The second-order valence-corrected chi connectivity index (χ2v) is 5.17. The molecule has 1 unspecified atom stereocenters.